The largest absolute Gasteiger partial charge is 0.369 e. The highest BCUT2D eigenvalue weighted by Crippen LogP contribution is 2.21. The number of carbonyl (C=O) groups is 2. The van der Waals surface area contributed by atoms with Crippen molar-refractivity contribution in [1.82, 2.24) is 9.21 Å². The van der Waals surface area contributed by atoms with Gasteiger partial charge in [-0.2, -0.15) is 4.31 Å². The molecule has 0 atom stereocenters. The highest BCUT2D eigenvalue weighted by Gasteiger charge is 2.31. The molecule has 2 aromatic rings. The summed E-state index contributed by atoms with van der Waals surface area (Å²) in [6.07, 6.45) is 0.980. The van der Waals surface area contributed by atoms with Crippen LogP contribution in [0.1, 0.15) is 18.4 Å². The van der Waals surface area contributed by atoms with Gasteiger partial charge in [-0.15, -0.1) is 0 Å². The van der Waals surface area contributed by atoms with Crippen molar-refractivity contribution in [3.63, 3.8) is 0 Å². The van der Waals surface area contributed by atoms with Crippen LogP contribution in [0.3, 0.4) is 0 Å². The van der Waals surface area contributed by atoms with Gasteiger partial charge in [0.05, 0.1) is 11.4 Å². The van der Waals surface area contributed by atoms with Crippen molar-refractivity contribution in [2.75, 3.05) is 19.6 Å². The summed E-state index contributed by atoms with van der Waals surface area (Å²) in [5.41, 5.74) is 6.07. The van der Waals surface area contributed by atoms with Crippen LogP contribution in [0.2, 0.25) is 5.02 Å². The van der Waals surface area contributed by atoms with E-state index in [-0.39, 0.29) is 35.7 Å². The Balaban J connectivity index is 1.80. The molecule has 30 heavy (non-hydrogen) atoms. The number of hydrogen-bond donors (Lipinski definition) is 1. The van der Waals surface area contributed by atoms with Gasteiger partial charge in [0, 0.05) is 30.6 Å². The Kier molecular flexibility index (Phi) is 7.12. The normalized spacial score (nSPS) is 15.3. The molecule has 1 aliphatic heterocycles. The van der Waals surface area contributed by atoms with Gasteiger partial charge in [-0.3, -0.25) is 9.59 Å². The van der Waals surface area contributed by atoms with Crippen molar-refractivity contribution in [1.29, 1.82) is 0 Å². The van der Waals surface area contributed by atoms with E-state index >= 15 is 0 Å². The lowest BCUT2D eigenvalue weighted by Crippen LogP contribution is -2.46. The maximum absolute atomic E-state index is 13.2. The lowest BCUT2D eigenvalue weighted by molar-refractivity contribution is -0.135. The Morgan fingerprint density at radius 1 is 1.03 bits per heavy atom. The summed E-state index contributed by atoms with van der Waals surface area (Å²) >= 11 is 5.93. The average Bonchev–Trinajstić information content (AvgIpc) is 2.75. The fourth-order valence-electron chi connectivity index (χ4n) is 3.43. The molecule has 1 heterocycles. The van der Waals surface area contributed by atoms with Gasteiger partial charge < -0.3 is 10.6 Å². The quantitative estimate of drug-likeness (QED) is 0.700. The maximum Gasteiger partial charge on any atom is 0.243 e. The third kappa shape index (κ3) is 5.38. The summed E-state index contributed by atoms with van der Waals surface area (Å²) < 4.78 is 27.6. The number of amides is 2. The van der Waals surface area contributed by atoms with Crippen LogP contribution in [0.25, 0.3) is 0 Å². The SMILES string of the molecule is NC(=O)C1CCN(C(=O)CN(Cc2ccc(Cl)cc2)S(=O)(=O)c2ccccc2)CC1. The van der Waals surface area contributed by atoms with E-state index in [0.29, 0.717) is 31.0 Å². The van der Waals surface area contributed by atoms with E-state index in [1.54, 1.807) is 47.4 Å². The number of rotatable bonds is 7. The first-order chi connectivity index (χ1) is 14.3. The van der Waals surface area contributed by atoms with Crippen LogP contribution in [0.4, 0.5) is 0 Å². The number of primary amides is 1. The minimum atomic E-state index is -3.89. The number of likely N-dealkylation sites (tertiary alicyclic amines) is 1. The average molecular weight is 450 g/mol. The van der Waals surface area contributed by atoms with E-state index < -0.39 is 10.0 Å². The summed E-state index contributed by atoms with van der Waals surface area (Å²) in [5, 5.41) is 0.546. The smallest absolute Gasteiger partial charge is 0.243 e. The van der Waals surface area contributed by atoms with Gasteiger partial charge in [-0.05, 0) is 42.7 Å². The van der Waals surface area contributed by atoms with Crippen molar-refractivity contribution in [2.45, 2.75) is 24.3 Å². The van der Waals surface area contributed by atoms with Crippen LogP contribution in [-0.2, 0) is 26.2 Å². The second-order valence-electron chi connectivity index (χ2n) is 7.27. The predicted octanol–water partition coefficient (Wildman–Crippen LogP) is 2.25. The standard InChI is InChI=1S/C21H24ClN3O4S/c22-18-8-6-16(7-9-18)14-25(30(28,29)19-4-2-1-3-5-19)15-20(26)24-12-10-17(11-13-24)21(23)27/h1-9,17H,10-15H2,(H2,23,27). The van der Waals surface area contributed by atoms with E-state index in [1.165, 1.54) is 16.4 Å². The molecule has 0 spiro atoms. The van der Waals surface area contributed by atoms with Crippen molar-refractivity contribution in [3.8, 4) is 0 Å². The number of sulfonamides is 1. The number of halogens is 1. The maximum atomic E-state index is 13.2. The molecule has 3 rings (SSSR count). The van der Waals surface area contributed by atoms with Crippen LogP contribution in [-0.4, -0.2) is 49.1 Å². The Bertz CT molecular complexity index is 989. The summed E-state index contributed by atoms with van der Waals surface area (Å²) in [5.74, 6) is -0.906. The topological polar surface area (TPSA) is 101 Å². The van der Waals surface area contributed by atoms with E-state index in [2.05, 4.69) is 0 Å². The van der Waals surface area contributed by atoms with E-state index in [0.717, 1.165) is 5.56 Å². The molecule has 2 N–H and O–H groups in total. The van der Waals surface area contributed by atoms with Crippen LogP contribution in [0, 0.1) is 5.92 Å². The number of benzene rings is 2. The highest BCUT2D eigenvalue weighted by atomic mass is 35.5. The van der Waals surface area contributed by atoms with Crippen LogP contribution >= 0.6 is 11.6 Å². The molecule has 2 aromatic carbocycles. The Hall–Kier alpha value is -2.42. The second kappa shape index (κ2) is 9.59. The molecule has 1 saturated heterocycles. The molecule has 0 saturated carbocycles. The summed E-state index contributed by atoms with van der Waals surface area (Å²) in [7, 11) is -3.89. The highest BCUT2D eigenvalue weighted by molar-refractivity contribution is 7.89. The molecule has 2 amide bonds. The number of nitrogens with two attached hydrogens (primary N) is 1. The Morgan fingerprint density at radius 3 is 2.20 bits per heavy atom. The van der Waals surface area contributed by atoms with Gasteiger partial charge in [0.15, 0.2) is 0 Å². The molecule has 0 aromatic heterocycles. The molecular formula is C21H24ClN3O4S. The summed E-state index contributed by atoms with van der Waals surface area (Å²) in [6, 6.07) is 14.9. The van der Waals surface area contributed by atoms with E-state index in [1.807, 2.05) is 0 Å². The van der Waals surface area contributed by atoms with Crippen molar-refractivity contribution >= 4 is 33.4 Å². The minimum absolute atomic E-state index is 0.0396. The van der Waals surface area contributed by atoms with Gasteiger partial charge in [0.2, 0.25) is 21.8 Å². The van der Waals surface area contributed by atoms with Gasteiger partial charge in [0.25, 0.3) is 0 Å². The summed E-state index contributed by atoms with van der Waals surface area (Å²) in [4.78, 5) is 26.0. The first-order valence-corrected chi connectivity index (χ1v) is 11.5. The third-order valence-electron chi connectivity index (χ3n) is 5.21. The third-order valence-corrected chi connectivity index (χ3v) is 7.27. The molecule has 1 aliphatic rings. The Morgan fingerprint density at radius 2 is 1.63 bits per heavy atom. The zero-order valence-electron chi connectivity index (χ0n) is 16.4. The number of nitrogens with zero attached hydrogens (tertiary/aromatic N) is 2. The molecule has 7 nitrogen and oxygen atoms in total. The molecule has 0 aliphatic carbocycles. The van der Waals surface area contributed by atoms with Crippen molar-refractivity contribution in [3.05, 3.63) is 65.2 Å². The van der Waals surface area contributed by atoms with Crippen LogP contribution in [0.15, 0.2) is 59.5 Å². The molecule has 0 unspecified atom stereocenters. The van der Waals surface area contributed by atoms with Gasteiger partial charge in [-0.25, -0.2) is 8.42 Å². The fourth-order valence-corrected chi connectivity index (χ4v) is 4.95. The van der Waals surface area contributed by atoms with Crippen LogP contribution in [0.5, 0.6) is 0 Å². The lowest BCUT2D eigenvalue weighted by Gasteiger charge is -2.32. The monoisotopic (exact) mass is 449 g/mol. The van der Waals surface area contributed by atoms with Crippen molar-refractivity contribution in [2.24, 2.45) is 11.7 Å². The van der Waals surface area contributed by atoms with Crippen LogP contribution < -0.4 is 5.73 Å². The zero-order chi connectivity index (χ0) is 21.7. The second-order valence-corrected chi connectivity index (χ2v) is 9.64. The fraction of sp³-hybridized carbons (Fsp3) is 0.333. The first-order valence-electron chi connectivity index (χ1n) is 9.64. The first kappa shape index (κ1) is 22.3. The molecule has 160 valence electrons. The number of piperidine rings is 1. The van der Waals surface area contributed by atoms with Gasteiger partial charge in [-0.1, -0.05) is 41.9 Å². The minimum Gasteiger partial charge on any atom is -0.369 e. The summed E-state index contributed by atoms with van der Waals surface area (Å²) in [6.45, 7) is 0.512. The predicted molar refractivity (Wildman–Crippen MR) is 114 cm³/mol. The van der Waals surface area contributed by atoms with Crippen molar-refractivity contribution < 1.29 is 18.0 Å². The van der Waals surface area contributed by atoms with Gasteiger partial charge >= 0.3 is 0 Å². The molecule has 1 fully saturated rings. The number of hydrogen-bond acceptors (Lipinski definition) is 4. The Labute approximate surface area is 181 Å². The van der Waals surface area contributed by atoms with E-state index in [9.17, 15) is 18.0 Å². The molecule has 9 heteroatoms. The zero-order valence-corrected chi connectivity index (χ0v) is 18.0. The lowest BCUT2D eigenvalue weighted by atomic mass is 9.96. The molecular weight excluding hydrogens is 426 g/mol. The van der Waals surface area contributed by atoms with Gasteiger partial charge in [0.1, 0.15) is 0 Å². The molecule has 0 bridgehead atoms. The molecule has 0 radical (unpaired) electrons. The van der Waals surface area contributed by atoms with E-state index in [4.69, 9.17) is 17.3 Å². The number of carbonyl (C=O) groups excluding carboxylic acids is 2.